The van der Waals surface area contributed by atoms with E-state index in [1.165, 1.54) is 29.8 Å². The molecule has 5 aromatic rings. The Bertz CT molecular complexity index is 2220. The summed E-state index contributed by atoms with van der Waals surface area (Å²) in [4.78, 5) is 18.4. The molecular formula is C46H48ClN3O6. The summed E-state index contributed by atoms with van der Waals surface area (Å²) in [6.07, 6.45) is 5.78. The molecule has 0 spiro atoms. The number of carboxylic acid groups (broad SMARTS) is 1. The van der Waals surface area contributed by atoms with Crippen molar-refractivity contribution in [3.8, 4) is 39.8 Å². The average molecular weight is 774 g/mol. The summed E-state index contributed by atoms with van der Waals surface area (Å²) in [7, 11) is 0. The summed E-state index contributed by atoms with van der Waals surface area (Å²) < 4.78 is 12.6. The molecule has 9 nitrogen and oxygen atoms in total. The number of pyridine rings is 1. The molecule has 290 valence electrons. The quantitative estimate of drug-likeness (QED) is 0.0899. The molecule has 2 atom stereocenters. The van der Waals surface area contributed by atoms with Crippen LogP contribution < -0.4 is 9.47 Å². The molecule has 1 aromatic heterocycles. The second-order valence-electron chi connectivity index (χ2n) is 14.8. The lowest BCUT2D eigenvalue weighted by Gasteiger charge is -2.24. The lowest BCUT2D eigenvalue weighted by Crippen LogP contribution is -2.32. The predicted molar refractivity (Wildman–Crippen MR) is 218 cm³/mol. The van der Waals surface area contributed by atoms with Gasteiger partial charge in [-0.1, -0.05) is 72.3 Å². The van der Waals surface area contributed by atoms with Crippen molar-refractivity contribution in [2.24, 2.45) is 5.41 Å². The highest BCUT2D eigenvalue weighted by molar-refractivity contribution is 6.32. The number of β-amino-alcohol motifs (C(OH)–C–C–N with tert-alkyl or cyclic N) is 1. The van der Waals surface area contributed by atoms with E-state index in [-0.39, 0.29) is 32.7 Å². The summed E-state index contributed by atoms with van der Waals surface area (Å²) in [6, 6.07) is 29.0. The van der Waals surface area contributed by atoms with Crippen LogP contribution in [0.1, 0.15) is 71.2 Å². The molecule has 1 fully saturated rings. The van der Waals surface area contributed by atoms with Crippen molar-refractivity contribution in [2.45, 2.75) is 65.7 Å². The first kappa shape index (κ1) is 40.4. The highest BCUT2D eigenvalue weighted by Crippen LogP contribution is 2.39. The van der Waals surface area contributed by atoms with Crippen LogP contribution in [0.15, 0.2) is 91.3 Å². The van der Waals surface area contributed by atoms with E-state index in [2.05, 4.69) is 78.3 Å². The smallest absolute Gasteiger partial charge is 0.311 e. The number of halogens is 1. The molecule has 6 rings (SSSR count). The van der Waals surface area contributed by atoms with E-state index >= 15 is 0 Å². The number of aromatic nitrogens is 1. The van der Waals surface area contributed by atoms with Crippen molar-refractivity contribution in [1.29, 1.82) is 5.26 Å². The Labute approximate surface area is 333 Å². The number of rotatable bonds is 16. The van der Waals surface area contributed by atoms with Crippen molar-refractivity contribution in [1.82, 2.24) is 9.88 Å². The van der Waals surface area contributed by atoms with E-state index in [1.54, 1.807) is 24.4 Å². The van der Waals surface area contributed by atoms with Crippen LogP contribution in [0.5, 0.6) is 11.5 Å². The van der Waals surface area contributed by atoms with Gasteiger partial charge in [-0.25, -0.2) is 0 Å². The monoisotopic (exact) mass is 773 g/mol. The van der Waals surface area contributed by atoms with E-state index in [0.717, 1.165) is 47.2 Å². The van der Waals surface area contributed by atoms with Gasteiger partial charge in [0, 0.05) is 36.6 Å². The van der Waals surface area contributed by atoms with Gasteiger partial charge in [0.25, 0.3) is 0 Å². The summed E-state index contributed by atoms with van der Waals surface area (Å²) >= 11 is 6.80. The van der Waals surface area contributed by atoms with Crippen LogP contribution in [0.2, 0.25) is 5.02 Å². The average Bonchev–Trinajstić information content (AvgIpc) is 3.68. The number of nitrogens with zero attached hydrogens (tertiary/aromatic N) is 3. The van der Waals surface area contributed by atoms with Gasteiger partial charge in [-0.15, -0.1) is 0 Å². The zero-order valence-electron chi connectivity index (χ0n) is 32.1. The van der Waals surface area contributed by atoms with Crippen molar-refractivity contribution in [3.05, 3.63) is 135 Å². The van der Waals surface area contributed by atoms with E-state index in [4.69, 9.17) is 21.1 Å². The van der Waals surface area contributed by atoms with Gasteiger partial charge in [0.15, 0.2) is 0 Å². The lowest BCUT2D eigenvalue weighted by molar-refractivity contribution is -0.150. The van der Waals surface area contributed by atoms with Gasteiger partial charge < -0.3 is 24.8 Å². The van der Waals surface area contributed by atoms with E-state index in [1.807, 2.05) is 12.1 Å². The normalized spacial score (nSPS) is 15.3. The minimum atomic E-state index is -1.34. The molecule has 0 saturated carbocycles. The van der Waals surface area contributed by atoms with Gasteiger partial charge >= 0.3 is 5.97 Å². The number of carbonyl (C=O) groups is 1. The second kappa shape index (κ2) is 18.1. The van der Waals surface area contributed by atoms with Crippen LogP contribution in [0.25, 0.3) is 22.3 Å². The van der Waals surface area contributed by atoms with Gasteiger partial charge in [-0.05, 0) is 115 Å². The Morgan fingerprint density at radius 3 is 2.36 bits per heavy atom. The Kier molecular flexibility index (Phi) is 13.1. The van der Waals surface area contributed by atoms with Gasteiger partial charge in [0.1, 0.15) is 30.8 Å². The highest BCUT2D eigenvalue weighted by atomic mass is 35.5. The maximum atomic E-state index is 11.9. The van der Waals surface area contributed by atoms with Crippen LogP contribution >= 0.6 is 11.6 Å². The molecule has 0 radical (unpaired) electrons. The maximum absolute atomic E-state index is 11.9. The van der Waals surface area contributed by atoms with Gasteiger partial charge in [0.2, 0.25) is 0 Å². The first-order valence-corrected chi connectivity index (χ1v) is 19.3. The molecule has 1 aliphatic heterocycles. The fraction of sp³-hybridized carbons (Fsp3) is 0.326. The van der Waals surface area contributed by atoms with Crippen LogP contribution in [-0.2, 0) is 24.4 Å². The number of aliphatic hydroxyl groups is 2. The molecule has 1 unspecified atom stereocenters. The number of likely N-dealkylation sites (tertiary alicyclic amines) is 1. The van der Waals surface area contributed by atoms with Crippen LogP contribution in [0.3, 0.4) is 0 Å². The van der Waals surface area contributed by atoms with E-state index < -0.39 is 18.0 Å². The van der Waals surface area contributed by atoms with Crippen LogP contribution in [0.4, 0.5) is 0 Å². The first-order chi connectivity index (χ1) is 27.0. The third kappa shape index (κ3) is 9.07. The Morgan fingerprint density at radius 2 is 1.64 bits per heavy atom. The van der Waals surface area contributed by atoms with Crippen LogP contribution in [0, 0.1) is 30.6 Å². The molecular weight excluding hydrogens is 726 g/mol. The number of hydrogen-bond donors (Lipinski definition) is 3. The summed E-state index contributed by atoms with van der Waals surface area (Å²) in [5.41, 5.74) is 9.54. The zero-order chi connectivity index (χ0) is 39.8. The number of aliphatic carboxylic acids is 1. The number of benzene rings is 4. The number of aryl methyl sites for hydroxylation is 1. The van der Waals surface area contributed by atoms with Crippen molar-refractivity contribution in [2.75, 3.05) is 26.3 Å². The fourth-order valence-corrected chi connectivity index (χ4v) is 7.72. The SMILES string of the molecule is Cc1c(COc2cc(OCc3cncc(C#N)c3)c(CC[C@@](C)(CO)C(=O)O)cc2Cl)cccc1-c1cccc(-c2ccc(C3CCCN3CCO)cc2)c1C. The molecule has 0 bridgehead atoms. The number of hydrogen-bond acceptors (Lipinski definition) is 8. The molecule has 56 heavy (non-hydrogen) atoms. The largest absolute Gasteiger partial charge is 0.488 e. The number of nitriles is 1. The van der Waals surface area contributed by atoms with Crippen molar-refractivity contribution >= 4 is 17.6 Å². The Hall–Kier alpha value is -5.24. The van der Waals surface area contributed by atoms with E-state index in [9.17, 15) is 25.4 Å². The Morgan fingerprint density at radius 1 is 0.929 bits per heavy atom. The van der Waals surface area contributed by atoms with Crippen molar-refractivity contribution < 1.29 is 29.6 Å². The summed E-state index contributed by atoms with van der Waals surface area (Å²) in [5, 5.41) is 38.8. The zero-order valence-corrected chi connectivity index (χ0v) is 32.9. The lowest BCUT2D eigenvalue weighted by atomic mass is 9.85. The third-order valence-corrected chi connectivity index (χ3v) is 11.4. The molecule has 2 heterocycles. The molecule has 4 aromatic carbocycles. The van der Waals surface area contributed by atoms with Crippen molar-refractivity contribution in [3.63, 3.8) is 0 Å². The predicted octanol–water partition coefficient (Wildman–Crippen LogP) is 8.86. The molecule has 10 heteroatoms. The molecule has 0 amide bonds. The van der Waals surface area contributed by atoms with Crippen LogP contribution in [-0.4, -0.2) is 57.5 Å². The maximum Gasteiger partial charge on any atom is 0.311 e. The number of ether oxygens (including phenoxy) is 2. The number of carboxylic acids is 1. The first-order valence-electron chi connectivity index (χ1n) is 18.9. The molecule has 3 N–H and O–H groups in total. The molecule has 1 aliphatic rings. The molecule has 1 saturated heterocycles. The van der Waals surface area contributed by atoms with Gasteiger partial charge in [-0.3, -0.25) is 14.7 Å². The standard InChI is InChI=1S/C46H48ClN3O6/c1-30-37(7-4-9-39(30)40-10-5-8-38(31(40)2)34-12-14-35(15-13-34)42-11-6-18-50(42)19-20-51)28-56-44-23-43(55-27-33-21-32(24-48)25-49-26-33)36(22-41(44)47)16-17-46(3,29-52)45(53)54/h4-5,7-10,12-15,21-23,25-26,42,51-52H,6,11,16-20,27-29H2,1-3H3,(H,53,54)/t42?,46-/m0/s1. The minimum absolute atomic E-state index is 0.111. The van der Waals surface area contributed by atoms with Gasteiger partial charge in [0.05, 0.1) is 29.2 Å². The van der Waals surface area contributed by atoms with E-state index in [0.29, 0.717) is 45.8 Å². The fourth-order valence-electron chi connectivity index (χ4n) is 7.48. The second-order valence-corrected chi connectivity index (χ2v) is 15.2. The summed E-state index contributed by atoms with van der Waals surface area (Å²) in [6.45, 7) is 7.50. The topological polar surface area (TPSA) is 136 Å². The highest BCUT2D eigenvalue weighted by Gasteiger charge is 2.32. The summed E-state index contributed by atoms with van der Waals surface area (Å²) in [5.74, 6) is -0.234. The Balaban J connectivity index is 1.23. The minimum Gasteiger partial charge on any atom is -0.488 e. The molecule has 0 aliphatic carbocycles. The van der Waals surface area contributed by atoms with Gasteiger partial charge in [-0.2, -0.15) is 5.26 Å². The third-order valence-electron chi connectivity index (χ3n) is 11.1. The number of aliphatic hydroxyl groups excluding tert-OH is 2.